The first-order valence-corrected chi connectivity index (χ1v) is 6.60. The molecule has 0 bridgehead atoms. The van der Waals surface area contributed by atoms with Gasteiger partial charge in [0.2, 0.25) is 5.91 Å². The number of carbonyl (C=O) groups is 1. The van der Waals surface area contributed by atoms with Crippen molar-refractivity contribution in [2.45, 2.75) is 46.6 Å². The second-order valence-corrected chi connectivity index (χ2v) is 5.00. The van der Waals surface area contributed by atoms with E-state index < -0.39 is 6.04 Å². The molecule has 0 aliphatic carbocycles. The molecule has 0 aliphatic heterocycles. The molecule has 0 rings (SSSR count). The molecule has 102 valence electrons. The Balaban J connectivity index is 3.51. The molecular weight excluding hydrogens is 216 g/mol. The minimum atomic E-state index is -0.407. The smallest absolute Gasteiger partial charge is 0.237 e. The molecule has 0 saturated carbocycles. The lowest BCUT2D eigenvalue weighted by Crippen LogP contribution is -2.45. The summed E-state index contributed by atoms with van der Waals surface area (Å²) < 4.78 is 5.41. The van der Waals surface area contributed by atoms with Gasteiger partial charge in [0, 0.05) is 13.2 Å². The zero-order valence-electron chi connectivity index (χ0n) is 11.7. The highest BCUT2D eigenvalue weighted by atomic mass is 16.5. The van der Waals surface area contributed by atoms with Gasteiger partial charge in [-0.05, 0) is 18.3 Å². The van der Waals surface area contributed by atoms with Crippen LogP contribution in [0, 0.1) is 11.8 Å². The van der Waals surface area contributed by atoms with Crippen molar-refractivity contribution in [1.29, 1.82) is 0 Å². The predicted molar refractivity (Wildman–Crippen MR) is 70.7 cm³/mol. The molecule has 0 aromatic rings. The minimum absolute atomic E-state index is 0.0770. The maximum Gasteiger partial charge on any atom is 0.237 e. The molecular formula is C13H28N2O2. The van der Waals surface area contributed by atoms with Gasteiger partial charge in [-0.25, -0.2) is 0 Å². The van der Waals surface area contributed by atoms with E-state index >= 15 is 0 Å². The monoisotopic (exact) mass is 244 g/mol. The fourth-order valence-electron chi connectivity index (χ4n) is 1.30. The molecule has 0 fully saturated rings. The molecule has 4 heteroatoms. The summed E-state index contributed by atoms with van der Waals surface area (Å²) in [7, 11) is 0. The number of hydrogen-bond donors (Lipinski definition) is 2. The Bertz CT molecular complexity index is 208. The lowest BCUT2D eigenvalue weighted by molar-refractivity contribution is -0.123. The van der Waals surface area contributed by atoms with Crippen molar-refractivity contribution in [3.05, 3.63) is 0 Å². The summed E-state index contributed by atoms with van der Waals surface area (Å²) in [5.41, 5.74) is 5.80. The van der Waals surface area contributed by atoms with Crippen molar-refractivity contribution in [1.82, 2.24) is 5.32 Å². The van der Waals surface area contributed by atoms with Crippen molar-refractivity contribution >= 4 is 5.91 Å². The highest BCUT2D eigenvalue weighted by Crippen LogP contribution is 2.04. The Labute approximate surface area is 105 Å². The van der Waals surface area contributed by atoms with Crippen LogP contribution in [-0.2, 0) is 9.53 Å². The molecule has 0 aromatic carbocycles. The maximum absolute atomic E-state index is 11.6. The number of carbonyl (C=O) groups excluding carboxylic acids is 1. The summed E-state index contributed by atoms with van der Waals surface area (Å²) in [5.74, 6) is 0.798. The number of nitrogens with one attached hydrogen (secondary N) is 1. The number of ether oxygens (including phenoxy) is 1. The van der Waals surface area contributed by atoms with Crippen LogP contribution >= 0.6 is 0 Å². The summed E-state index contributed by atoms with van der Waals surface area (Å²) in [4.78, 5) is 11.6. The van der Waals surface area contributed by atoms with E-state index in [1.54, 1.807) is 0 Å². The highest BCUT2D eigenvalue weighted by molar-refractivity contribution is 5.81. The number of amides is 1. The molecule has 0 saturated heterocycles. The first-order valence-electron chi connectivity index (χ1n) is 6.60. The largest absolute Gasteiger partial charge is 0.380 e. The van der Waals surface area contributed by atoms with Crippen LogP contribution in [0.2, 0.25) is 0 Å². The van der Waals surface area contributed by atoms with Gasteiger partial charge in [0.15, 0.2) is 0 Å². The van der Waals surface area contributed by atoms with E-state index in [4.69, 9.17) is 10.5 Å². The summed E-state index contributed by atoms with van der Waals surface area (Å²) in [6, 6.07) is -0.407. The lowest BCUT2D eigenvalue weighted by atomic mass is 9.99. The molecule has 3 N–H and O–H groups in total. The van der Waals surface area contributed by atoms with Crippen LogP contribution in [0.25, 0.3) is 0 Å². The minimum Gasteiger partial charge on any atom is -0.380 e. The van der Waals surface area contributed by atoms with Crippen LogP contribution < -0.4 is 11.1 Å². The quantitative estimate of drug-likeness (QED) is 0.605. The Morgan fingerprint density at radius 1 is 1.29 bits per heavy atom. The van der Waals surface area contributed by atoms with E-state index in [0.717, 1.165) is 19.4 Å². The molecule has 0 aliphatic rings. The van der Waals surface area contributed by atoms with Gasteiger partial charge >= 0.3 is 0 Å². The van der Waals surface area contributed by atoms with Gasteiger partial charge in [-0.2, -0.15) is 0 Å². The summed E-state index contributed by atoms with van der Waals surface area (Å²) in [6.45, 7) is 10.2. The van der Waals surface area contributed by atoms with Crippen LogP contribution in [0.4, 0.5) is 0 Å². The van der Waals surface area contributed by atoms with Crippen molar-refractivity contribution < 1.29 is 9.53 Å². The third-order valence-corrected chi connectivity index (χ3v) is 2.94. The van der Waals surface area contributed by atoms with Crippen LogP contribution in [0.15, 0.2) is 0 Å². The Hall–Kier alpha value is -0.610. The maximum atomic E-state index is 11.6. The molecule has 0 heterocycles. The number of rotatable bonds is 9. The Morgan fingerprint density at radius 3 is 2.47 bits per heavy atom. The van der Waals surface area contributed by atoms with Gasteiger partial charge in [0.05, 0.1) is 12.6 Å². The molecule has 0 radical (unpaired) electrons. The van der Waals surface area contributed by atoms with E-state index in [0.29, 0.717) is 19.1 Å². The second kappa shape index (κ2) is 9.42. The molecule has 17 heavy (non-hydrogen) atoms. The summed E-state index contributed by atoms with van der Waals surface area (Å²) in [6.07, 6.45) is 1.97. The van der Waals surface area contributed by atoms with Gasteiger partial charge in [-0.3, -0.25) is 4.79 Å². The van der Waals surface area contributed by atoms with Gasteiger partial charge in [-0.1, -0.05) is 34.1 Å². The zero-order valence-corrected chi connectivity index (χ0v) is 11.7. The standard InChI is InChI=1S/C13H28N2O2/c1-5-11(4)12(14)13(16)15-7-9-17-8-6-10(2)3/h10-12H,5-9,14H2,1-4H3,(H,15,16)/t11?,12-/m0/s1. The van der Waals surface area contributed by atoms with Gasteiger partial charge in [0.1, 0.15) is 0 Å². The van der Waals surface area contributed by atoms with E-state index in [1.165, 1.54) is 0 Å². The van der Waals surface area contributed by atoms with Crippen molar-refractivity contribution in [2.75, 3.05) is 19.8 Å². The first kappa shape index (κ1) is 16.4. The number of nitrogens with two attached hydrogens (primary N) is 1. The Kier molecular flexibility index (Phi) is 9.09. The third kappa shape index (κ3) is 8.16. The number of hydrogen-bond acceptors (Lipinski definition) is 3. The summed E-state index contributed by atoms with van der Waals surface area (Å²) in [5, 5.41) is 2.80. The molecule has 1 amide bonds. The highest BCUT2D eigenvalue weighted by Gasteiger charge is 2.18. The third-order valence-electron chi connectivity index (χ3n) is 2.94. The van der Waals surface area contributed by atoms with Crippen molar-refractivity contribution in [2.24, 2.45) is 17.6 Å². The fourth-order valence-corrected chi connectivity index (χ4v) is 1.30. The second-order valence-electron chi connectivity index (χ2n) is 5.00. The SMILES string of the molecule is CCC(C)[C@H](N)C(=O)NCCOCCC(C)C. The zero-order chi connectivity index (χ0) is 13.3. The topological polar surface area (TPSA) is 64.4 Å². The van der Waals surface area contributed by atoms with Crippen LogP contribution in [0.5, 0.6) is 0 Å². The molecule has 0 spiro atoms. The average molecular weight is 244 g/mol. The van der Waals surface area contributed by atoms with E-state index in [9.17, 15) is 4.79 Å². The molecule has 1 unspecified atom stereocenters. The van der Waals surface area contributed by atoms with Gasteiger partial charge in [-0.15, -0.1) is 0 Å². The normalized spacial score (nSPS) is 14.7. The molecule has 0 aromatic heterocycles. The lowest BCUT2D eigenvalue weighted by Gasteiger charge is -2.17. The van der Waals surface area contributed by atoms with Crippen LogP contribution in [-0.4, -0.2) is 31.7 Å². The van der Waals surface area contributed by atoms with Crippen molar-refractivity contribution in [3.63, 3.8) is 0 Å². The van der Waals surface area contributed by atoms with Crippen molar-refractivity contribution in [3.8, 4) is 0 Å². The Morgan fingerprint density at radius 2 is 1.94 bits per heavy atom. The molecule has 4 nitrogen and oxygen atoms in total. The summed E-state index contributed by atoms with van der Waals surface area (Å²) >= 11 is 0. The van der Waals surface area contributed by atoms with Crippen LogP contribution in [0.1, 0.15) is 40.5 Å². The van der Waals surface area contributed by atoms with Gasteiger partial charge < -0.3 is 15.8 Å². The molecule has 2 atom stereocenters. The first-order chi connectivity index (χ1) is 7.99. The van der Waals surface area contributed by atoms with Crippen LogP contribution in [0.3, 0.4) is 0 Å². The van der Waals surface area contributed by atoms with E-state index in [-0.39, 0.29) is 11.8 Å². The average Bonchev–Trinajstić information content (AvgIpc) is 2.30. The van der Waals surface area contributed by atoms with E-state index in [2.05, 4.69) is 19.2 Å². The van der Waals surface area contributed by atoms with E-state index in [1.807, 2.05) is 13.8 Å². The predicted octanol–water partition coefficient (Wildman–Crippen LogP) is 1.54. The fraction of sp³-hybridized carbons (Fsp3) is 0.923. The van der Waals surface area contributed by atoms with Gasteiger partial charge in [0.25, 0.3) is 0 Å².